The highest BCUT2D eigenvalue weighted by atomic mass is 35.5. The van der Waals surface area contributed by atoms with Gasteiger partial charge < -0.3 is 5.32 Å². The SMILES string of the molecule is CNC(=O)C(Cl)c1ccccc1Cl. The molecule has 70 valence electrons. The zero-order valence-corrected chi connectivity index (χ0v) is 8.56. The van der Waals surface area contributed by atoms with Gasteiger partial charge in [0.25, 0.3) is 0 Å². The lowest BCUT2D eigenvalue weighted by molar-refractivity contribution is -0.120. The van der Waals surface area contributed by atoms with Crippen LogP contribution in [0.4, 0.5) is 0 Å². The van der Waals surface area contributed by atoms with Crippen LogP contribution in [0.1, 0.15) is 10.9 Å². The van der Waals surface area contributed by atoms with Crippen molar-refractivity contribution in [3.63, 3.8) is 0 Å². The standard InChI is InChI=1S/C9H9Cl2NO/c1-12-9(13)8(11)6-4-2-3-5-7(6)10/h2-5,8H,1H3,(H,12,13). The normalized spacial score (nSPS) is 12.2. The first-order chi connectivity index (χ1) is 6.16. The van der Waals surface area contributed by atoms with Crippen LogP contribution in [0.3, 0.4) is 0 Å². The van der Waals surface area contributed by atoms with Gasteiger partial charge in [0, 0.05) is 12.1 Å². The smallest absolute Gasteiger partial charge is 0.242 e. The molecule has 2 nitrogen and oxygen atoms in total. The molecule has 0 radical (unpaired) electrons. The first-order valence-corrected chi connectivity index (χ1v) is 4.58. The Bertz CT molecular complexity index is 314. The van der Waals surface area contributed by atoms with E-state index in [1.165, 1.54) is 7.05 Å². The number of halogens is 2. The number of nitrogens with one attached hydrogen (secondary N) is 1. The fourth-order valence-electron chi connectivity index (χ4n) is 0.949. The summed E-state index contributed by atoms with van der Waals surface area (Å²) in [4.78, 5) is 11.2. The molecule has 1 amide bonds. The van der Waals surface area contributed by atoms with E-state index in [9.17, 15) is 4.79 Å². The molecule has 0 bridgehead atoms. The monoisotopic (exact) mass is 217 g/mol. The fraction of sp³-hybridized carbons (Fsp3) is 0.222. The van der Waals surface area contributed by atoms with Gasteiger partial charge >= 0.3 is 0 Å². The second-order valence-corrected chi connectivity index (χ2v) is 3.34. The third-order valence-electron chi connectivity index (χ3n) is 1.65. The van der Waals surface area contributed by atoms with Gasteiger partial charge in [-0.3, -0.25) is 4.79 Å². The molecule has 0 saturated carbocycles. The molecule has 1 unspecified atom stereocenters. The highest BCUT2D eigenvalue weighted by Crippen LogP contribution is 2.27. The van der Waals surface area contributed by atoms with Crippen LogP contribution in [0.2, 0.25) is 5.02 Å². The molecule has 0 spiro atoms. The molecule has 1 aromatic rings. The summed E-state index contributed by atoms with van der Waals surface area (Å²) in [5.41, 5.74) is 0.630. The van der Waals surface area contributed by atoms with Gasteiger partial charge in [-0.2, -0.15) is 0 Å². The molecular formula is C9H9Cl2NO. The lowest BCUT2D eigenvalue weighted by Gasteiger charge is -2.09. The van der Waals surface area contributed by atoms with Crippen molar-refractivity contribution in [2.24, 2.45) is 0 Å². The molecule has 0 aliphatic rings. The number of rotatable bonds is 2. The zero-order valence-electron chi connectivity index (χ0n) is 7.05. The van der Waals surface area contributed by atoms with Crippen molar-refractivity contribution >= 4 is 29.1 Å². The molecule has 13 heavy (non-hydrogen) atoms. The third-order valence-corrected chi connectivity index (χ3v) is 2.43. The quantitative estimate of drug-likeness (QED) is 0.758. The minimum atomic E-state index is -0.723. The lowest BCUT2D eigenvalue weighted by Crippen LogP contribution is -2.22. The Morgan fingerprint density at radius 1 is 1.46 bits per heavy atom. The van der Waals surface area contributed by atoms with Gasteiger partial charge in [0.15, 0.2) is 0 Å². The Kier molecular flexibility index (Phi) is 3.58. The summed E-state index contributed by atoms with van der Waals surface area (Å²) in [5.74, 6) is -0.255. The number of benzene rings is 1. The molecule has 0 aliphatic carbocycles. The maximum absolute atomic E-state index is 11.2. The highest BCUT2D eigenvalue weighted by Gasteiger charge is 2.17. The van der Waals surface area contributed by atoms with E-state index < -0.39 is 5.38 Å². The van der Waals surface area contributed by atoms with E-state index in [1.54, 1.807) is 24.3 Å². The second-order valence-electron chi connectivity index (χ2n) is 2.50. The van der Waals surface area contributed by atoms with Crippen LogP contribution in [0, 0.1) is 0 Å². The second kappa shape index (κ2) is 4.49. The van der Waals surface area contributed by atoms with Gasteiger partial charge in [-0.05, 0) is 11.6 Å². The third kappa shape index (κ3) is 2.36. The lowest BCUT2D eigenvalue weighted by atomic mass is 10.1. The summed E-state index contributed by atoms with van der Waals surface area (Å²) < 4.78 is 0. The van der Waals surface area contributed by atoms with E-state index in [4.69, 9.17) is 23.2 Å². The van der Waals surface area contributed by atoms with Crippen LogP contribution in [-0.2, 0) is 4.79 Å². The van der Waals surface area contributed by atoms with Crippen molar-refractivity contribution in [2.45, 2.75) is 5.38 Å². The van der Waals surface area contributed by atoms with Crippen LogP contribution in [0.5, 0.6) is 0 Å². The number of alkyl halides is 1. The molecule has 0 heterocycles. The van der Waals surface area contributed by atoms with E-state index in [1.807, 2.05) is 0 Å². The van der Waals surface area contributed by atoms with Crippen LogP contribution in [-0.4, -0.2) is 13.0 Å². The summed E-state index contributed by atoms with van der Waals surface area (Å²) in [6.07, 6.45) is 0. The van der Waals surface area contributed by atoms with Gasteiger partial charge in [-0.25, -0.2) is 0 Å². The van der Waals surface area contributed by atoms with Gasteiger partial charge in [-0.1, -0.05) is 29.8 Å². The molecule has 0 aliphatic heterocycles. The first-order valence-electron chi connectivity index (χ1n) is 3.77. The number of hydrogen-bond donors (Lipinski definition) is 1. The Morgan fingerprint density at radius 2 is 2.08 bits per heavy atom. The van der Waals surface area contributed by atoms with E-state index >= 15 is 0 Å². The first kappa shape index (κ1) is 10.4. The van der Waals surface area contributed by atoms with E-state index in [0.717, 1.165) is 0 Å². The maximum atomic E-state index is 11.2. The van der Waals surface area contributed by atoms with Crippen LogP contribution >= 0.6 is 23.2 Å². The van der Waals surface area contributed by atoms with Gasteiger partial charge in [0.05, 0.1) is 0 Å². The Morgan fingerprint density at radius 3 is 2.62 bits per heavy atom. The van der Waals surface area contributed by atoms with Gasteiger partial charge in [-0.15, -0.1) is 11.6 Å². The minimum Gasteiger partial charge on any atom is -0.358 e. The average Bonchev–Trinajstić information content (AvgIpc) is 2.16. The number of carbonyl (C=O) groups is 1. The number of carbonyl (C=O) groups excluding carboxylic acids is 1. The Hall–Kier alpha value is -0.730. The van der Waals surface area contributed by atoms with Crippen LogP contribution in [0.15, 0.2) is 24.3 Å². The predicted octanol–water partition coefficient (Wildman–Crippen LogP) is 2.37. The van der Waals surface area contributed by atoms with Gasteiger partial charge in [0.2, 0.25) is 5.91 Å². The highest BCUT2D eigenvalue weighted by molar-refractivity contribution is 6.35. The van der Waals surface area contributed by atoms with E-state index in [2.05, 4.69) is 5.32 Å². The molecule has 1 aromatic carbocycles. The predicted molar refractivity (Wildman–Crippen MR) is 54.1 cm³/mol. The molecule has 1 atom stereocenters. The number of likely N-dealkylation sites (N-methyl/N-ethyl adjacent to an activating group) is 1. The van der Waals surface area contributed by atoms with Crippen LogP contribution in [0.25, 0.3) is 0 Å². The van der Waals surface area contributed by atoms with Crippen molar-refractivity contribution in [3.05, 3.63) is 34.9 Å². The summed E-state index contributed by atoms with van der Waals surface area (Å²) in [7, 11) is 1.54. The van der Waals surface area contributed by atoms with Crippen molar-refractivity contribution in [2.75, 3.05) is 7.05 Å². The van der Waals surface area contributed by atoms with E-state index in [-0.39, 0.29) is 5.91 Å². The Labute approximate surface area is 86.8 Å². The summed E-state index contributed by atoms with van der Waals surface area (Å²) in [5, 5.41) is 2.24. The maximum Gasteiger partial charge on any atom is 0.242 e. The molecule has 4 heteroatoms. The topological polar surface area (TPSA) is 29.1 Å². The summed E-state index contributed by atoms with van der Waals surface area (Å²) in [6.45, 7) is 0. The molecular weight excluding hydrogens is 209 g/mol. The molecule has 0 fully saturated rings. The van der Waals surface area contributed by atoms with Crippen molar-refractivity contribution in [3.8, 4) is 0 Å². The molecule has 1 N–H and O–H groups in total. The molecule has 1 rings (SSSR count). The summed E-state index contributed by atoms with van der Waals surface area (Å²) in [6, 6.07) is 7.02. The fourth-order valence-corrected chi connectivity index (χ4v) is 1.55. The largest absolute Gasteiger partial charge is 0.358 e. The minimum absolute atomic E-state index is 0.255. The number of amides is 1. The summed E-state index contributed by atoms with van der Waals surface area (Å²) >= 11 is 11.7. The van der Waals surface area contributed by atoms with Crippen molar-refractivity contribution in [1.82, 2.24) is 5.32 Å². The van der Waals surface area contributed by atoms with Crippen molar-refractivity contribution < 1.29 is 4.79 Å². The van der Waals surface area contributed by atoms with Crippen LogP contribution < -0.4 is 5.32 Å². The van der Waals surface area contributed by atoms with Gasteiger partial charge in [0.1, 0.15) is 5.38 Å². The molecule has 0 saturated heterocycles. The van der Waals surface area contributed by atoms with Crippen molar-refractivity contribution in [1.29, 1.82) is 0 Å². The zero-order chi connectivity index (χ0) is 9.84. The number of hydrogen-bond acceptors (Lipinski definition) is 1. The average molecular weight is 218 g/mol. The van der Waals surface area contributed by atoms with E-state index in [0.29, 0.717) is 10.6 Å². The Balaban J connectivity index is 2.95. The molecule has 0 aromatic heterocycles.